The first-order valence-corrected chi connectivity index (χ1v) is 3.70. The van der Waals surface area contributed by atoms with Crippen LogP contribution in [0.2, 0.25) is 0 Å². The van der Waals surface area contributed by atoms with E-state index in [1.807, 2.05) is 0 Å². The molecule has 0 amide bonds. The maximum Gasteiger partial charge on any atom is 0.293 e. The maximum atomic E-state index is 9.54. The fourth-order valence-corrected chi connectivity index (χ4v) is 0.802. The molecular weight excluding hydrogens is 124 g/mol. The van der Waals surface area contributed by atoms with Gasteiger partial charge in [0.25, 0.3) is 6.47 Å². The van der Waals surface area contributed by atoms with Crippen LogP contribution in [0.3, 0.4) is 0 Å². The van der Waals surface area contributed by atoms with Crippen LogP contribution in [0.25, 0.3) is 0 Å². The average Bonchev–Trinajstić information content (AvgIpc) is 1.81. The summed E-state index contributed by atoms with van der Waals surface area (Å²) in [5, 5.41) is 0. The zero-order valence-electron chi connectivity index (χ0n) is 4.92. The van der Waals surface area contributed by atoms with Gasteiger partial charge in [0.1, 0.15) is 6.61 Å². The van der Waals surface area contributed by atoms with E-state index in [0.29, 0.717) is 13.1 Å². The summed E-state index contributed by atoms with van der Waals surface area (Å²) in [6.07, 6.45) is 0. The fraction of sp³-hybridized carbons (Fsp3) is 0.800. The van der Waals surface area contributed by atoms with Gasteiger partial charge in [0.2, 0.25) is 0 Å². The zero-order valence-corrected chi connectivity index (χ0v) is 5.74. The molecule has 0 aromatic heterocycles. The number of ether oxygens (including phenoxy) is 1. The van der Waals surface area contributed by atoms with Crippen molar-refractivity contribution in [2.24, 2.45) is 0 Å². The predicted molar refractivity (Wildman–Crippen MR) is 35.0 cm³/mol. The molecule has 48 valence electrons. The molecule has 0 atom stereocenters. The van der Waals surface area contributed by atoms with E-state index in [1.165, 1.54) is 0 Å². The van der Waals surface area contributed by atoms with Gasteiger partial charge in [0.05, 0.1) is 0 Å². The van der Waals surface area contributed by atoms with Crippen molar-refractivity contribution in [3.63, 3.8) is 0 Å². The Balaban J connectivity index is 2.62. The van der Waals surface area contributed by atoms with Gasteiger partial charge in [-0.05, 0) is 5.75 Å². The van der Waals surface area contributed by atoms with Crippen LogP contribution in [-0.2, 0) is 9.53 Å². The van der Waals surface area contributed by atoms with E-state index in [4.69, 9.17) is 0 Å². The lowest BCUT2D eigenvalue weighted by molar-refractivity contribution is -0.128. The molecular formula is C5H10O2S. The minimum absolute atomic E-state index is 0.482. The predicted octanol–water partition coefficient (Wildman–Crippen LogP) is 0.912. The van der Waals surface area contributed by atoms with Gasteiger partial charge in [0.15, 0.2) is 0 Å². The highest BCUT2D eigenvalue weighted by molar-refractivity contribution is 7.99. The van der Waals surface area contributed by atoms with Crippen molar-refractivity contribution in [3.8, 4) is 0 Å². The highest BCUT2D eigenvalue weighted by atomic mass is 32.2. The van der Waals surface area contributed by atoms with E-state index < -0.39 is 0 Å². The molecule has 0 unspecified atom stereocenters. The van der Waals surface area contributed by atoms with Gasteiger partial charge in [-0.25, -0.2) is 0 Å². The molecule has 0 radical (unpaired) electrons. The molecule has 0 aliphatic heterocycles. The maximum absolute atomic E-state index is 9.54. The van der Waals surface area contributed by atoms with E-state index in [1.54, 1.807) is 11.8 Å². The lowest BCUT2D eigenvalue weighted by atomic mass is 10.9. The molecule has 0 rings (SSSR count). The molecule has 0 saturated heterocycles. The minimum atomic E-state index is 0.482. The van der Waals surface area contributed by atoms with Gasteiger partial charge in [-0.15, -0.1) is 0 Å². The van der Waals surface area contributed by atoms with Crippen LogP contribution in [0, 0.1) is 0 Å². The monoisotopic (exact) mass is 134 g/mol. The smallest absolute Gasteiger partial charge is 0.293 e. The zero-order chi connectivity index (χ0) is 6.24. The lowest BCUT2D eigenvalue weighted by Gasteiger charge is -1.93. The van der Waals surface area contributed by atoms with Crippen molar-refractivity contribution >= 4 is 18.2 Å². The Morgan fingerprint density at radius 1 is 1.75 bits per heavy atom. The van der Waals surface area contributed by atoms with Crippen LogP contribution in [0.5, 0.6) is 0 Å². The van der Waals surface area contributed by atoms with Crippen molar-refractivity contribution in [3.05, 3.63) is 0 Å². The molecule has 0 aliphatic carbocycles. The van der Waals surface area contributed by atoms with E-state index in [0.717, 1.165) is 11.5 Å². The molecule has 0 bridgehead atoms. The largest absolute Gasteiger partial charge is 0.467 e. The summed E-state index contributed by atoms with van der Waals surface area (Å²) in [5.74, 6) is 2.00. The highest BCUT2D eigenvalue weighted by Gasteiger charge is 1.82. The van der Waals surface area contributed by atoms with Gasteiger partial charge in [-0.2, -0.15) is 11.8 Å². The van der Waals surface area contributed by atoms with Crippen LogP contribution < -0.4 is 0 Å². The summed E-state index contributed by atoms with van der Waals surface area (Å²) in [5.41, 5.74) is 0. The van der Waals surface area contributed by atoms with Crippen molar-refractivity contribution < 1.29 is 9.53 Å². The van der Waals surface area contributed by atoms with E-state index in [2.05, 4.69) is 11.7 Å². The molecule has 2 nitrogen and oxygen atoms in total. The Labute approximate surface area is 53.6 Å². The summed E-state index contributed by atoms with van der Waals surface area (Å²) in [7, 11) is 0. The highest BCUT2D eigenvalue weighted by Crippen LogP contribution is 1.95. The van der Waals surface area contributed by atoms with Crippen LogP contribution in [0.15, 0.2) is 0 Å². The van der Waals surface area contributed by atoms with Crippen LogP contribution >= 0.6 is 11.8 Å². The topological polar surface area (TPSA) is 26.3 Å². The molecule has 3 heteroatoms. The third-order valence-corrected chi connectivity index (χ3v) is 1.48. The Hall–Kier alpha value is -0.180. The molecule has 0 saturated carbocycles. The molecule has 0 spiro atoms. The van der Waals surface area contributed by atoms with Crippen LogP contribution in [-0.4, -0.2) is 24.6 Å². The molecule has 0 aromatic rings. The summed E-state index contributed by atoms with van der Waals surface area (Å²) in [4.78, 5) is 9.54. The summed E-state index contributed by atoms with van der Waals surface area (Å²) >= 11 is 1.76. The second kappa shape index (κ2) is 6.82. The second-order valence-electron chi connectivity index (χ2n) is 1.16. The molecule has 0 aliphatic rings. The SMILES string of the molecule is CCSCCOC=O. The van der Waals surface area contributed by atoms with Crippen LogP contribution in [0.4, 0.5) is 0 Å². The van der Waals surface area contributed by atoms with Gasteiger partial charge < -0.3 is 4.74 Å². The van der Waals surface area contributed by atoms with Gasteiger partial charge in [0, 0.05) is 5.75 Å². The van der Waals surface area contributed by atoms with Crippen molar-refractivity contribution in [1.82, 2.24) is 0 Å². The Kier molecular flexibility index (Phi) is 6.67. The summed E-state index contributed by atoms with van der Waals surface area (Å²) in [6, 6.07) is 0. The Morgan fingerprint density at radius 3 is 3.00 bits per heavy atom. The molecule has 0 fully saturated rings. The first-order chi connectivity index (χ1) is 3.91. The van der Waals surface area contributed by atoms with E-state index in [9.17, 15) is 4.79 Å². The van der Waals surface area contributed by atoms with E-state index >= 15 is 0 Å². The quantitative estimate of drug-likeness (QED) is 0.413. The number of rotatable bonds is 5. The fourth-order valence-electron chi connectivity index (χ4n) is 0.299. The van der Waals surface area contributed by atoms with Crippen molar-refractivity contribution in [2.75, 3.05) is 18.1 Å². The summed E-state index contributed by atoms with van der Waals surface area (Å²) < 4.78 is 4.43. The van der Waals surface area contributed by atoms with Gasteiger partial charge >= 0.3 is 0 Å². The van der Waals surface area contributed by atoms with Crippen molar-refractivity contribution in [2.45, 2.75) is 6.92 Å². The number of carbonyl (C=O) groups is 1. The molecule has 8 heavy (non-hydrogen) atoms. The minimum Gasteiger partial charge on any atom is -0.467 e. The van der Waals surface area contributed by atoms with Crippen molar-refractivity contribution in [1.29, 1.82) is 0 Å². The molecule has 0 heterocycles. The number of thioether (sulfide) groups is 1. The molecule has 0 aromatic carbocycles. The Morgan fingerprint density at radius 2 is 2.50 bits per heavy atom. The third-order valence-electron chi connectivity index (χ3n) is 0.618. The normalized spacial score (nSPS) is 8.62. The van der Waals surface area contributed by atoms with E-state index in [-0.39, 0.29) is 0 Å². The van der Waals surface area contributed by atoms with Gasteiger partial charge in [-0.1, -0.05) is 6.92 Å². The number of carbonyl (C=O) groups excluding carboxylic acids is 1. The lowest BCUT2D eigenvalue weighted by Crippen LogP contribution is -1.93. The summed E-state index contributed by atoms with van der Waals surface area (Å²) in [6.45, 7) is 3.10. The first-order valence-electron chi connectivity index (χ1n) is 2.54. The Bertz CT molecular complexity index is 56.4. The third kappa shape index (κ3) is 5.82. The van der Waals surface area contributed by atoms with Crippen LogP contribution in [0.1, 0.15) is 6.92 Å². The number of hydrogen-bond donors (Lipinski definition) is 0. The first kappa shape index (κ1) is 7.82. The number of hydrogen-bond acceptors (Lipinski definition) is 3. The average molecular weight is 134 g/mol. The second-order valence-corrected chi connectivity index (χ2v) is 2.56. The van der Waals surface area contributed by atoms with Gasteiger partial charge in [-0.3, -0.25) is 4.79 Å². The molecule has 0 N–H and O–H groups in total. The standard InChI is InChI=1S/C5H10O2S/c1-2-8-4-3-7-5-6/h5H,2-4H2,1H3.